The number of ether oxygens (including phenoxy) is 1. The molecular formula is C13H13N3O2S. The van der Waals surface area contributed by atoms with Crippen LogP contribution in [0.5, 0.6) is 5.75 Å². The van der Waals surface area contributed by atoms with Crippen molar-refractivity contribution in [2.75, 3.05) is 6.61 Å². The Morgan fingerprint density at radius 3 is 2.89 bits per heavy atom. The average Bonchev–Trinajstić information content (AvgIpc) is 3.03. The molecule has 4 N–H and O–H groups in total. The first-order valence-corrected chi connectivity index (χ1v) is 6.74. The lowest BCUT2D eigenvalue weighted by Crippen LogP contribution is -2.17. The molecule has 98 valence electrons. The van der Waals surface area contributed by atoms with Gasteiger partial charge in [0.05, 0.1) is 17.1 Å². The van der Waals surface area contributed by atoms with E-state index in [1.807, 2.05) is 23.6 Å². The van der Waals surface area contributed by atoms with Gasteiger partial charge >= 0.3 is 5.69 Å². The van der Waals surface area contributed by atoms with Crippen molar-refractivity contribution in [1.82, 2.24) is 9.97 Å². The number of fused-ring (bicyclic) bond motifs is 1. The monoisotopic (exact) mass is 275 g/mol. The van der Waals surface area contributed by atoms with Gasteiger partial charge < -0.3 is 20.4 Å². The van der Waals surface area contributed by atoms with Crippen LogP contribution in [0.4, 0.5) is 0 Å². The van der Waals surface area contributed by atoms with Gasteiger partial charge in [0.15, 0.2) is 0 Å². The van der Waals surface area contributed by atoms with Gasteiger partial charge in [-0.1, -0.05) is 6.07 Å². The van der Waals surface area contributed by atoms with E-state index in [-0.39, 0.29) is 11.7 Å². The Balaban J connectivity index is 1.73. The van der Waals surface area contributed by atoms with Gasteiger partial charge in [0, 0.05) is 10.9 Å². The highest BCUT2D eigenvalue weighted by Crippen LogP contribution is 2.20. The first-order chi connectivity index (χ1) is 9.22. The minimum Gasteiger partial charge on any atom is -0.492 e. The van der Waals surface area contributed by atoms with E-state index in [0.29, 0.717) is 12.4 Å². The Bertz CT molecular complexity index is 730. The summed E-state index contributed by atoms with van der Waals surface area (Å²) in [6.45, 7) is 0.403. The molecule has 0 unspecified atom stereocenters. The van der Waals surface area contributed by atoms with Crippen molar-refractivity contribution in [2.45, 2.75) is 6.04 Å². The molecule has 1 atom stereocenters. The highest BCUT2D eigenvalue weighted by molar-refractivity contribution is 7.10. The van der Waals surface area contributed by atoms with E-state index in [9.17, 15) is 4.79 Å². The SMILES string of the molecule is N[C@@H](COc1ccc2[nH]c(=O)[nH]c2c1)c1cccs1. The minimum atomic E-state index is -0.220. The van der Waals surface area contributed by atoms with Crippen LogP contribution in [0.3, 0.4) is 0 Å². The van der Waals surface area contributed by atoms with E-state index in [2.05, 4.69) is 9.97 Å². The van der Waals surface area contributed by atoms with E-state index >= 15 is 0 Å². The third-order valence-corrected chi connectivity index (χ3v) is 3.83. The van der Waals surface area contributed by atoms with E-state index in [4.69, 9.17) is 10.5 Å². The van der Waals surface area contributed by atoms with Crippen LogP contribution in [-0.4, -0.2) is 16.6 Å². The normalized spacial score (nSPS) is 12.7. The minimum absolute atomic E-state index is 0.138. The Labute approximate surface area is 113 Å². The molecule has 0 saturated heterocycles. The Morgan fingerprint density at radius 2 is 2.11 bits per heavy atom. The molecule has 0 saturated carbocycles. The fourth-order valence-electron chi connectivity index (χ4n) is 1.87. The maximum atomic E-state index is 11.2. The van der Waals surface area contributed by atoms with Gasteiger partial charge in [-0.2, -0.15) is 0 Å². The Kier molecular flexibility index (Phi) is 3.10. The predicted molar refractivity (Wildman–Crippen MR) is 75.7 cm³/mol. The van der Waals surface area contributed by atoms with Gasteiger partial charge in [-0.3, -0.25) is 0 Å². The van der Waals surface area contributed by atoms with Crippen LogP contribution in [0.2, 0.25) is 0 Å². The molecule has 3 rings (SSSR count). The molecule has 0 aliphatic rings. The number of aromatic nitrogens is 2. The number of hydrogen-bond donors (Lipinski definition) is 3. The van der Waals surface area contributed by atoms with Crippen LogP contribution in [0.25, 0.3) is 11.0 Å². The largest absolute Gasteiger partial charge is 0.492 e. The number of benzene rings is 1. The van der Waals surface area contributed by atoms with Crippen LogP contribution in [-0.2, 0) is 0 Å². The molecule has 3 aromatic rings. The number of nitrogens with two attached hydrogens (primary N) is 1. The van der Waals surface area contributed by atoms with Crippen LogP contribution in [0.15, 0.2) is 40.5 Å². The Morgan fingerprint density at radius 1 is 1.26 bits per heavy atom. The zero-order valence-electron chi connectivity index (χ0n) is 10.1. The molecule has 5 nitrogen and oxygen atoms in total. The van der Waals surface area contributed by atoms with Crippen molar-refractivity contribution in [3.05, 3.63) is 51.1 Å². The lowest BCUT2D eigenvalue weighted by atomic mass is 10.2. The molecule has 2 heterocycles. The van der Waals surface area contributed by atoms with E-state index in [1.54, 1.807) is 23.5 Å². The summed E-state index contributed by atoms with van der Waals surface area (Å²) in [5.41, 5.74) is 7.30. The molecule has 0 aliphatic carbocycles. The first-order valence-electron chi connectivity index (χ1n) is 5.86. The van der Waals surface area contributed by atoms with Crippen molar-refractivity contribution >= 4 is 22.4 Å². The number of nitrogens with one attached hydrogen (secondary N) is 2. The summed E-state index contributed by atoms with van der Waals surface area (Å²) in [6, 6.07) is 9.23. The second-order valence-corrected chi connectivity index (χ2v) is 5.20. The van der Waals surface area contributed by atoms with Crippen LogP contribution in [0, 0.1) is 0 Å². The first kappa shape index (κ1) is 12.0. The van der Waals surface area contributed by atoms with Crippen molar-refractivity contribution in [1.29, 1.82) is 0 Å². The van der Waals surface area contributed by atoms with E-state index < -0.39 is 0 Å². The van der Waals surface area contributed by atoms with Gasteiger partial charge in [-0.25, -0.2) is 4.79 Å². The van der Waals surface area contributed by atoms with E-state index in [0.717, 1.165) is 15.9 Å². The van der Waals surface area contributed by atoms with Gasteiger partial charge in [0.2, 0.25) is 0 Å². The molecule has 2 aromatic heterocycles. The highest BCUT2D eigenvalue weighted by atomic mass is 32.1. The third kappa shape index (κ3) is 2.54. The average molecular weight is 275 g/mol. The number of hydrogen-bond acceptors (Lipinski definition) is 4. The fourth-order valence-corrected chi connectivity index (χ4v) is 2.59. The molecule has 0 fully saturated rings. The quantitative estimate of drug-likeness (QED) is 0.681. The van der Waals surface area contributed by atoms with Gasteiger partial charge in [0.25, 0.3) is 0 Å². The molecule has 1 aromatic carbocycles. The van der Waals surface area contributed by atoms with Crippen molar-refractivity contribution in [3.63, 3.8) is 0 Å². The summed E-state index contributed by atoms with van der Waals surface area (Å²) in [5, 5.41) is 1.99. The number of aromatic amines is 2. The number of H-pyrrole nitrogens is 2. The molecule has 0 bridgehead atoms. The van der Waals surface area contributed by atoms with Crippen LogP contribution in [0.1, 0.15) is 10.9 Å². The third-order valence-electron chi connectivity index (χ3n) is 2.83. The molecular weight excluding hydrogens is 262 g/mol. The molecule has 6 heteroatoms. The summed E-state index contributed by atoms with van der Waals surface area (Å²) in [4.78, 5) is 17.6. The van der Waals surface area contributed by atoms with Gasteiger partial charge in [-0.05, 0) is 23.6 Å². The zero-order valence-corrected chi connectivity index (χ0v) is 10.9. The second-order valence-electron chi connectivity index (χ2n) is 4.22. The topological polar surface area (TPSA) is 83.9 Å². The van der Waals surface area contributed by atoms with Crippen molar-refractivity contribution in [3.8, 4) is 5.75 Å². The summed E-state index contributed by atoms with van der Waals surface area (Å²) in [5.74, 6) is 0.690. The standard InChI is InChI=1S/C13H13N3O2S/c14-9(12-2-1-5-19-12)7-18-8-3-4-10-11(6-8)16-13(17)15-10/h1-6,9H,7,14H2,(H2,15,16,17)/t9-/m0/s1. The van der Waals surface area contributed by atoms with Crippen molar-refractivity contribution < 1.29 is 4.74 Å². The molecule has 19 heavy (non-hydrogen) atoms. The van der Waals surface area contributed by atoms with Gasteiger partial charge in [0.1, 0.15) is 12.4 Å². The lowest BCUT2D eigenvalue weighted by Gasteiger charge is -2.11. The predicted octanol–water partition coefficient (Wildman–Crippen LogP) is 2.00. The summed E-state index contributed by atoms with van der Waals surface area (Å²) >= 11 is 1.61. The van der Waals surface area contributed by atoms with Crippen LogP contribution >= 0.6 is 11.3 Å². The number of imidazole rings is 1. The maximum Gasteiger partial charge on any atom is 0.323 e. The summed E-state index contributed by atoms with van der Waals surface area (Å²) < 4.78 is 5.65. The van der Waals surface area contributed by atoms with Crippen molar-refractivity contribution in [2.24, 2.45) is 5.73 Å². The molecule has 0 spiro atoms. The maximum absolute atomic E-state index is 11.2. The fraction of sp³-hybridized carbons (Fsp3) is 0.154. The lowest BCUT2D eigenvalue weighted by molar-refractivity contribution is 0.292. The molecule has 0 amide bonds. The molecule has 0 aliphatic heterocycles. The smallest absolute Gasteiger partial charge is 0.323 e. The van der Waals surface area contributed by atoms with Crippen LogP contribution < -0.4 is 16.2 Å². The summed E-state index contributed by atoms with van der Waals surface area (Å²) in [6.07, 6.45) is 0. The second kappa shape index (κ2) is 4.91. The number of thiophene rings is 1. The van der Waals surface area contributed by atoms with E-state index in [1.165, 1.54) is 0 Å². The Hall–Kier alpha value is -2.05. The van der Waals surface area contributed by atoms with Gasteiger partial charge in [-0.15, -0.1) is 11.3 Å². The number of rotatable bonds is 4. The molecule has 0 radical (unpaired) electrons. The zero-order chi connectivity index (χ0) is 13.2. The highest BCUT2D eigenvalue weighted by Gasteiger charge is 2.08. The summed E-state index contributed by atoms with van der Waals surface area (Å²) in [7, 11) is 0.